The molecule has 1 aromatic heterocycles. The molecular weight excluding hydrogens is 193 g/mol. The number of aromatic amines is 1. The van der Waals surface area contributed by atoms with E-state index in [-0.39, 0.29) is 5.82 Å². The molecule has 80 valence electrons. The average Bonchev–Trinajstić information content (AvgIpc) is 2.61. The normalized spacial score (nSPS) is 11.1. The Hall–Kier alpha value is -1.35. The van der Waals surface area contributed by atoms with Crippen LogP contribution in [0.4, 0.5) is 4.39 Å². The van der Waals surface area contributed by atoms with Gasteiger partial charge in [-0.25, -0.2) is 4.39 Å². The molecule has 2 aromatic rings. The Morgan fingerprint density at radius 1 is 1.40 bits per heavy atom. The number of aryl methyl sites for hydroxylation is 1. The average molecular weight is 207 g/mol. The summed E-state index contributed by atoms with van der Waals surface area (Å²) in [5, 5.41) is 1.10. The molecule has 0 unspecified atom stereocenters. The molecule has 2 rings (SSSR count). The summed E-state index contributed by atoms with van der Waals surface area (Å²) in [5.41, 5.74) is 2.09. The number of hydrogen-bond donors (Lipinski definition) is 1. The molecule has 0 spiro atoms. The number of benzene rings is 1. The third-order valence-electron chi connectivity index (χ3n) is 2.52. The van der Waals surface area contributed by atoms with Crippen molar-refractivity contribution in [2.45, 2.75) is 12.8 Å². The lowest BCUT2D eigenvalue weighted by Crippen LogP contribution is -1.91. The second-order valence-corrected chi connectivity index (χ2v) is 3.60. The van der Waals surface area contributed by atoms with Crippen molar-refractivity contribution in [3.05, 3.63) is 35.8 Å². The molecule has 0 aliphatic rings. The van der Waals surface area contributed by atoms with Gasteiger partial charge in [-0.05, 0) is 36.6 Å². The van der Waals surface area contributed by atoms with Crippen LogP contribution in [-0.2, 0) is 11.2 Å². The van der Waals surface area contributed by atoms with Crippen molar-refractivity contribution >= 4 is 10.9 Å². The highest BCUT2D eigenvalue weighted by Gasteiger charge is 2.03. The van der Waals surface area contributed by atoms with Crippen molar-refractivity contribution in [2.75, 3.05) is 13.7 Å². The maximum Gasteiger partial charge on any atom is 0.125 e. The zero-order valence-electron chi connectivity index (χ0n) is 8.72. The molecule has 2 nitrogen and oxygen atoms in total. The van der Waals surface area contributed by atoms with Crippen LogP contribution in [0.3, 0.4) is 0 Å². The Bertz CT molecular complexity index is 450. The minimum Gasteiger partial charge on any atom is -0.385 e. The fourth-order valence-electron chi connectivity index (χ4n) is 1.77. The van der Waals surface area contributed by atoms with Crippen molar-refractivity contribution in [3.63, 3.8) is 0 Å². The molecule has 3 heteroatoms. The summed E-state index contributed by atoms with van der Waals surface area (Å²) in [4.78, 5) is 3.08. The lowest BCUT2D eigenvalue weighted by Gasteiger charge is -1.98. The number of methoxy groups -OCH3 is 1. The van der Waals surface area contributed by atoms with Gasteiger partial charge in [0.05, 0.1) is 0 Å². The van der Waals surface area contributed by atoms with Crippen molar-refractivity contribution in [2.24, 2.45) is 0 Å². The Kier molecular flexibility index (Phi) is 3.02. The minimum atomic E-state index is -0.201. The van der Waals surface area contributed by atoms with E-state index in [1.54, 1.807) is 7.11 Å². The number of fused-ring (bicyclic) bond motifs is 1. The number of aromatic nitrogens is 1. The Balaban J connectivity index is 2.21. The second-order valence-electron chi connectivity index (χ2n) is 3.60. The molecular formula is C12H14FNO. The number of hydrogen-bond acceptors (Lipinski definition) is 1. The monoisotopic (exact) mass is 207 g/mol. The first kappa shape index (κ1) is 10.2. The summed E-state index contributed by atoms with van der Waals surface area (Å²) < 4.78 is 17.9. The standard InChI is InChI=1S/C12H14FNO/c1-15-6-2-3-9-8-14-12-7-10(13)4-5-11(9)12/h4-5,7-8,14H,2-3,6H2,1H3. The number of halogens is 1. The summed E-state index contributed by atoms with van der Waals surface area (Å²) in [6, 6.07) is 4.84. The molecule has 0 radical (unpaired) electrons. The smallest absolute Gasteiger partial charge is 0.125 e. The van der Waals surface area contributed by atoms with Crippen LogP contribution in [-0.4, -0.2) is 18.7 Å². The summed E-state index contributed by atoms with van der Waals surface area (Å²) in [7, 11) is 1.70. The predicted molar refractivity (Wildman–Crippen MR) is 58.5 cm³/mol. The number of rotatable bonds is 4. The van der Waals surface area contributed by atoms with Crippen molar-refractivity contribution < 1.29 is 9.13 Å². The van der Waals surface area contributed by atoms with Crippen LogP contribution in [0.2, 0.25) is 0 Å². The lowest BCUT2D eigenvalue weighted by atomic mass is 10.1. The third-order valence-corrected chi connectivity index (χ3v) is 2.52. The van der Waals surface area contributed by atoms with Gasteiger partial charge in [0, 0.05) is 30.8 Å². The summed E-state index contributed by atoms with van der Waals surface area (Å²) in [6.07, 6.45) is 3.89. The van der Waals surface area contributed by atoms with Crippen LogP contribution in [0, 0.1) is 5.82 Å². The molecule has 1 aromatic carbocycles. The summed E-state index contributed by atoms with van der Waals surface area (Å²) in [5.74, 6) is -0.201. The maximum absolute atomic E-state index is 12.9. The maximum atomic E-state index is 12.9. The topological polar surface area (TPSA) is 25.0 Å². The van der Waals surface area contributed by atoms with Gasteiger partial charge in [0.2, 0.25) is 0 Å². The van der Waals surface area contributed by atoms with Gasteiger partial charge in [0.1, 0.15) is 5.82 Å². The van der Waals surface area contributed by atoms with E-state index in [4.69, 9.17) is 4.74 Å². The quantitative estimate of drug-likeness (QED) is 0.766. The van der Waals surface area contributed by atoms with Crippen LogP contribution >= 0.6 is 0 Å². The van der Waals surface area contributed by atoms with Gasteiger partial charge in [-0.1, -0.05) is 0 Å². The Morgan fingerprint density at radius 3 is 3.07 bits per heavy atom. The van der Waals surface area contributed by atoms with Crippen LogP contribution in [0.5, 0.6) is 0 Å². The molecule has 0 amide bonds. The largest absolute Gasteiger partial charge is 0.385 e. The lowest BCUT2D eigenvalue weighted by molar-refractivity contribution is 0.195. The van der Waals surface area contributed by atoms with Gasteiger partial charge < -0.3 is 9.72 Å². The fourth-order valence-corrected chi connectivity index (χ4v) is 1.77. The van der Waals surface area contributed by atoms with E-state index >= 15 is 0 Å². The molecule has 0 atom stereocenters. The first-order valence-corrected chi connectivity index (χ1v) is 5.05. The van der Waals surface area contributed by atoms with Crippen LogP contribution in [0.25, 0.3) is 10.9 Å². The first-order valence-electron chi connectivity index (χ1n) is 5.05. The number of nitrogens with one attached hydrogen (secondary N) is 1. The molecule has 15 heavy (non-hydrogen) atoms. The van der Waals surface area contributed by atoms with E-state index in [1.807, 2.05) is 12.3 Å². The van der Waals surface area contributed by atoms with Gasteiger partial charge >= 0.3 is 0 Å². The molecule has 0 aliphatic heterocycles. The van der Waals surface area contributed by atoms with E-state index < -0.39 is 0 Å². The number of H-pyrrole nitrogens is 1. The van der Waals surface area contributed by atoms with Gasteiger partial charge in [0.25, 0.3) is 0 Å². The summed E-state index contributed by atoms with van der Waals surface area (Å²) >= 11 is 0. The van der Waals surface area contributed by atoms with E-state index in [9.17, 15) is 4.39 Å². The Labute approximate surface area is 88.1 Å². The number of ether oxygens (including phenoxy) is 1. The first-order chi connectivity index (χ1) is 7.31. The van der Waals surface area contributed by atoms with Gasteiger partial charge in [-0.15, -0.1) is 0 Å². The van der Waals surface area contributed by atoms with Crippen molar-refractivity contribution in [3.8, 4) is 0 Å². The highest BCUT2D eigenvalue weighted by Crippen LogP contribution is 2.20. The summed E-state index contributed by atoms with van der Waals surface area (Å²) in [6.45, 7) is 0.758. The van der Waals surface area contributed by atoms with Gasteiger partial charge in [-0.3, -0.25) is 0 Å². The van der Waals surface area contributed by atoms with Gasteiger partial charge in [0.15, 0.2) is 0 Å². The van der Waals surface area contributed by atoms with Crippen molar-refractivity contribution in [1.29, 1.82) is 0 Å². The molecule has 0 saturated heterocycles. The Morgan fingerprint density at radius 2 is 2.27 bits per heavy atom. The van der Waals surface area contributed by atoms with E-state index in [2.05, 4.69) is 4.98 Å². The molecule has 1 N–H and O–H groups in total. The highest BCUT2D eigenvalue weighted by atomic mass is 19.1. The molecule has 0 fully saturated rings. The SMILES string of the molecule is COCCCc1c[nH]c2cc(F)ccc12. The molecule has 1 heterocycles. The van der Waals surface area contributed by atoms with Gasteiger partial charge in [-0.2, -0.15) is 0 Å². The van der Waals surface area contributed by atoms with Crippen LogP contribution in [0.15, 0.2) is 24.4 Å². The third kappa shape index (κ3) is 2.18. The predicted octanol–water partition coefficient (Wildman–Crippen LogP) is 2.89. The highest BCUT2D eigenvalue weighted by molar-refractivity contribution is 5.83. The molecule has 0 aliphatic carbocycles. The second kappa shape index (κ2) is 4.45. The van der Waals surface area contributed by atoms with Crippen LogP contribution in [0.1, 0.15) is 12.0 Å². The zero-order valence-corrected chi connectivity index (χ0v) is 8.72. The van der Waals surface area contributed by atoms with E-state index in [0.29, 0.717) is 0 Å². The van der Waals surface area contributed by atoms with Crippen molar-refractivity contribution in [1.82, 2.24) is 4.98 Å². The van der Waals surface area contributed by atoms with E-state index in [0.717, 1.165) is 30.4 Å². The minimum absolute atomic E-state index is 0.201. The zero-order chi connectivity index (χ0) is 10.7. The van der Waals surface area contributed by atoms with E-state index in [1.165, 1.54) is 17.7 Å². The molecule has 0 bridgehead atoms. The molecule has 0 saturated carbocycles. The van der Waals surface area contributed by atoms with Crippen LogP contribution < -0.4 is 0 Å². The fraction of sp³-hybridized carbons (Fsp3) is 0.333.